The van der Waals surface area contributed by atoms with Crippen molar-refractivity contribution < 1.29 is 4.74 Å². The summed E-state index contributed by atoms with van der Waals surface area (Å²) in [5.41, 5.74) is 11.1. The molecule has 1 aliphatic heterocycles. The van der Waals surface area contributed by atoms with Gasteiger partial charge in [-0.1, -0.05) is 158 Å². The molecule has 330 valence electrons. The van der Waals surface area contributed by atoms with Gasteiger partial charge in [-0.25, -0.2) is 4.98 Å². The predicted molar refractivity (Wildman–Crippen MR) is 282 cm³/mol. The first-order valence-electron chi connectivity index (χ1n) is 23.8. The van der Waals surface area contributed by atoms with E-state index < -0.39 is 16.1 Å². The average Bonchev–Trinajstić information content (AvgIpc) is 3.84. The molecule has 0 atom stereocenters. The van der Waals surface area contributed by atoms with Gasteiger partial charge < -0.3 is 14.5 Å². The second kappa shape index (κ2) is 16.2. The number of aromatic nitrogens is 2. The Bertz CT molecular complexity index is 3020. The second-order valence-electron chi connectivity index (χ2n) is 21.7. The molecule has 1 fully saturated rings. The highest BCUT2D eigenvalue weighted by Gasteiger charge is 2.38. The second-order valence-corrected chi connectivity index (χ2v) is 31.8. The van der Waals surface area contributed by atoms with Gasteiger partial charge in [-0.2, -0.15) is 0 Å². The molecular weight excluding hydrogens is 825 g/mol. The molecule has 2 aliphatic rings. The number of nitrogens with zero attached hydrogens (tertiary/aromatic N) is 4. The van der Waals surface area contributed by atoms with Crippen LogP contribution in [-0.4, -0.2) is 32.4 Å². The molecule has 3 heterocycles. The van der Waals surface area contributed by atoms with E-state index in [-0.39, 0.29) is 10.8 Å². The quantitative estimate of drug-likeness (QED) is 0.135. The van der Waals surface area contributed by atoms with Crippen LogP contribution in [0.5, 0.6) is 11.5 Å². The molecule has 5 nitrogen and oxygen atoms in total. The Kier molecular flexibility index (Phi) is 10.7. The Balaban J connectivity index is 1.07. The third-order valence-electron chi connectivity index (χ3n) is 14.2. The van der Waals surface area contributed by atoms with Crippen LogP contribution in [0.2, 0.25) is 39.3 Å². The minimum Gasteiger partial charge on any atom is -0.457 e. The highest BCUT2D eigenvalue weighted by atomic mass is 28.3. The summed E-state index contributed by atoms with van der Waals surface area (Å²) >= 11 is 0. The topological polar surface area (TPSA) is 33.5 Å². The number of fused-ring (bicyclic) bond motifs is 4. The number of rotatable bonds is 9. The van der Waals surface area contributed by atoms with Gasteiger partial charge in [0.05, 0.1) is 38.6 Å². The normalized spacial score (nSPS) is 15.5. The summed E-state index contributed by atoms with van der Waals surface area (Å²) in [5, 5.41) is 5.45. The molecule has 6 aromatic carbocycles. The lowest BCUT2D eigenvalue weighted by Crippen LogP contribution is -2.50. The number of pyridine rings is 1. The maximum Gasteiger partial charge on any atom is 0.137 e. The van der Waals surface area contributed by atoms with Crippen LogP contribution in [0.15, 0.2) is 152 Å². The van der Waals surface area contributed by atoms with Gasteiger partial charge in [-0.3, -0.25) is 4.57 Å². The number of benzene rings is 6. The fourth-order valence-corrected chi connectivity index (χ4v) is 14.1. The zero-order chi connectivity index (χ0) is 45.3. The number of hydrogen-bond donors (Lipinski definition) is 0. The third kappa shape index (κ3) is 7.80. The Hall–Kier alpha value is -5.90. The van der Waals surface area contributed by atoms with Crippen LogP contribution in [-0.2, 0) is 10.8 Å². The maximum atomic E-state index is 7.07. The summed E-state index contributed by atoms with van der Waals surface area (Å²) in [7, 11) is -3.43. The lowest BCUT2D eigenvalue weighted by atomic mass is 9.65. The largest absolute Gasteiger partial charge is 0.457 e. The molecule has 0 unspecified atom stereocenters. The van der Waals surface area contributed by atoms with Crippen molar-refractivity contribution in [2.75, 3.05) is 16.5 Å². The van der Waals surface area contributed by atoms with Gasteiger partial charge >= 0.3 is 0 Å². The minimum absolute atomic E-state index is 0.0266. The number of anilines is 4. The van der Waals surface area contributed by atoms with E-state index in [1.165, 1.54) is 74.2 Å². The SMILES string of the molecule is CC(C)(C)c1cc(Oc2ccc3c4ccccc4n(-c4cc(C5(c6ccccc6)CCCCC5)ccn4)c3c2)cc(N2CN(c3c([Si](C)(C)C)cccc3[Si](C)(C)C)c3ccccc32)c1. The highest BCUT2D eigenvalue weighted by molar-refractivity contribution is 6.93. The molecule has 0 N–H and O–H groups in total. The lowest BCUT2D eigenvalue weighted by molar-refractivity contribution is 0.345. The first-order valence-corrected chi connectivity index (χ1v) is 30.8. The van der Waals surface area contributed by atoms with Gasteiger partial charge in [0.1, 0.15) is 24.0 Å². The summed E-state index contributed by atoms with van der Waals surface area (Å²) in [5.74, 6) is 2.57. The smallest absolute Gasteiger partial charge is 0.137 e. The van der Waals surface area contributed by atoms with Crippen molar-refractivity contribution in [3.8, 4) is 17.3 Å². The summed E-state index contributed by atoms with van der Waals surface area (Å²) in [6, 6.07) is 54.1. The molecule has 8 aromatic rings. The lowest BCUT2D eigenvalue weighted by Gasteiger charge is -2.38. The molecule has 0 radical (unpaired) electrons. The number of para-hydroxylation sites is 4. The van der Waals surface area contributed by atoms with E-state index in [1.54, 1.807) is 0 Å². The molecule has 0 bridgehead atoms. The van der Waals surface area contributed by atoms with Gasteiger partial charge in [-0.15, -0.1) is 0 Å². The van der Waals surface area contributed by atoms with Gasteiger partial charge in [0.25, 0.3) is 0 Å². The molecule has 1 saturated carbocycles. The monoisotopic (exact) mass is 888 g/mol. The molecule has 0 saturated heterocycles. The first-order chi connectivity index (χ1) is 31.1. The van der Waals surface area contributed by atoms with Gasteiger partial charge in [0.15, 0.2) is 0 Å². The van der Waals surface area contributed by atoms with E-state index >= 15 is 0 Å². The zero-order valence-corrected chi connectivity index (χ0v) is 41.9. The van der Waals surface area contributed by atoms with Gasteiger partial charge in [0.2, 0.25) is 0 Å². The van der Waals surface area contributed by atoms with Gasteiger partial charge in [0, 0.05) is 45.9 Å². The summed E-state index contributed by atoms with van der Waals surface area (Å²) in [6.07, 6.45) is 8.07. The molecular formula is C58H64N4OSi2. The van der Waals surface area contributed by atoms with Crippen molar-refractivity contribution in [2.45, 2.75) is 103 Å². The first kappa shape index (κ1) is 43.0. The van der Waals surface area contributed by atoms with E-state index in [4.69, 9.17) is 9.72 Å². The Labute approximate surface area is 388 Å². The van der Waals surface area contributed by atoms with Crippen molar-refractivity contribution in [3.63, 3.8) is 0 Å². The van der Waals surface area contributed by atoms with Crippen molar-refractivity contribution in [2.24, 2.45) is 0 Å². The van der Waals surface area contributed by atoms with E-state index in [0.717, 1.165) is 53.5 Å². The molecule has 2 aromatic heterocycles. The standard InChI is InChI=1S/C58H64N4OSi2/c1-57(2,3)43-35-44(60-40-61(51-26-17-16-25-50(51)60)56-53(64(4,5)6)27-20-28-54(56)65(7,8)9)38-46(36-43)63-45-29-30-48-47-23-14-15-24-49(47)62(52(48)39-45)55-37-42(31-34-59-55)58(32-18-11-19-33-58)41-21-12-10-13-22-41/h10,12-17,20-31,34-39H,11,18-19,32-33,40H2,1-9H3. The molecule has 0 spiro atoms. The predicted octanol–water partition coefficient (Wildman–Crippen LogP) is 14.9. The van der Waals surface area contributed by atoms with E-state index in [9.17, 15) is 0 Å². The molecule has 10 rings (SSSR count). The number of ether oxygens (including phenoxy) is 1. The van der Waals surface area contributed by atoms with Gasteiger partial charge in [-0.05, 0) is 99.9 Å². The molecule has 0 amide bonds. The van der Waals surface area contributed by atoms with Crippen molar-refractivity contribution in [3.05, 3.63) is 168 Å². The van der Waals surface area contributed by atoms with E-state index in [0.29, 0.717) is 0 Å². The van der Waals surface area contributed by atoms with E-state index in [1.807, 2.05) is 6.20 Å². The Morgan fingerprint density at radius 1 is 0.554 bits per heavy atom. The number of hydrogen-bond acceptors (Lipinski definition) is 4. The highest BCUT2D eigenvalue weighted by Crippen LogP contribution is 2.48. The Morgan fingerprint density at radius 2 is 1.20 bits per heavy atom. The average molecular weight is 889 g/mol. The summed E-state index contributed by atoms with van der Waals surface area (Å²) < 4.78 is 9.42. The van der Waals surface area contributed by atoms with Crippen LogP contribution < -0.4 is 24.9 Å². The van der Waals surface area contributed by atoms with E-state index in [2.05, 4.69) is 220 Å². The van der Waals surface area contributed by atoms with Crippen LogP contribution in [0.1, 0.15) is 69.6 Å². The van der Waals surface area contributed by atoms with Crippen molar-refractivity contribution in [1.82, 2.24) is 9.55 Å². The molecule has 65 heavy (non-hydrogen) atoms. The van der Waals surface area contributed by atoms with Crippen LogP contribution in [0.3, 0.4) is 0 Å². The molecule has 7 heteroatoms. The summed E-state index contributed by atoms with van der Waals surface area (Å²) in [4.78, 5) is 10.2. The van der Waals surface area contributed by atoms with Crippen LogP contribution in [0, 0.1) is 0 Å². The maximum absolute atomic E-state index is 7.07. The fourth-order valence-electron chi connectivity index (χ4n) is 10.8. The zero-order valence-electron chi connectivity index (χ0n) is 39.9. The van der Waals surface area contributed by atoms with Crippen LogP contribution in [0.4, 0.5) is 22.7 Å². The van der Waals surface area contributed by atoms with Crippen LogP contribution in [0.25, 0.3) is 27.6 Å². The summed E-state index contributed by atoms with van der Waals surface area (Å²) in [6.45, 7) is 22.5. The van der Waals surface area contributed by atoms with Crippen molar-refractivity contribution in [1.29, 1.82) is 0 Å². The fraction of sp³-hybridized carbons (Fsp3) is 0.293. The third-order valence-corrected chi connectivity index (χ3v) is 18.2. The minimum atomic E-state index is -1.71. The van der Waals surface area contributed by atoms with Crippen LogP contribution >= 0.6 is 0 Å². The van der Waals surface area contributed by atoms with Crippen molar-refractivity contribution >= 4 is 71.1 Å². The Morgan fingerprint density at radius 3 is 1.89 bits per heavy atom. The molecule has 1 aliphatic carbocycles.